The molecule has 0 bridgehead atoms. The molecule has 90 valence electrons. The molecule has 2 nitrogen and oxygen atoms in total. The van der Waals surface area contributed by atoms with Gasteiger partial charge in [-0.05, 0) is 43.9 Å². The van der Waals surface area contributed by atoms with Crippen molar-refractivity contribution in [2.75, 3.05) is 7.11 Å². The maximum atomic E-state index is 11.8. The second-order valence-electron chi connectivity index (χ2n) is 5.10. The Morgan fingerprint density at radius 3 is 2.81 bits per heavy atom. The van der Waals surface area contributed by atoms with Crippen molar-refractivity contribution in [3.63, 3.8) is 0 Å². The van der Waals surface area contributed by atoms with Crippen molar-refractivity contribution in [3.8, 4) is 0 Å². The Balaban J connectivity index is 2.14. The minimum atomic E-state index is 0.0206. The molecule has 0 aliphatic heterocycles. The zero-order valence-corrected chi connectivity index (χ0v) is 10.2. The maximum Gasteiger partial charge on any atom is 0.308 e. The van der Waals surface area contributed by atoms with E-state index in [-0.39, 0.29) is 11.9 Å². The third-order valence-electron chi connectivity index (χ3n) is 4.16. The van der Waals surface area contributed by atoms with E-state index in [4.69, 9.17) is 4.74 Å². The smallest absolute Gasteiger partial charge is 0.308 e. The predicted molar refractivity (Wildman–Crippen MR) is 63.9 cm³/mol. The molecule has 1 fully saturated rings. The molecule has 0 spiro atoms. The van der Waals surface area contributed by atoms with Gasteiger partial charge in [-0.25, -0.2) is 0 Å². The SMILES string of the molecule is COC(=O)C1CCC/C=C\[C@H]2CCCC[C@@H]12. The first-order valence-electron chi connectivity index (χ1n) is 6.57. The molecule has 0 aromatic heterocycles. The highest BCUT2D eigenvalue weighted by atomic mass is 16.5. The highest BCUT2D eigenvalue weighted by Gasteiger charge is 2.35. The highest BCUT2D eigenvalue weighted by molar-refractivity contribution is 5.72. The molecular formula is C14H22O2. The summed E-state index contributed by atoms with van der Waals surface area (Å²) in [7, 11) is 1.52. The fourth-order valence-electron chi connectivity index (χ4n) is 3.31. The van der Waals surface area contributed by atoms with Crippen molar-refractivity contribution in [1.82, 2.24) is 0 Å². The number of carbonyl (C=O) groups is 1. The normalized spacial score (nSPS) is 36.7. The van der Waals surface area contributed by atoms with Gasteiger partial charge < -0.3 is 4.74 Å². The van der Waals surface area contributed by atoms with Crippen LogP contribution in [-0.2, 0) is 9.53 Å². The molecule has 2 heteroatoms. The standard InChI is InChI=1S/C14H22O2/c1-16-14(15)13-10-4-2-3-7-11-8-5-6-9-12(11)13/h3,7,11-13H,2,4-6,8-10H2,1H3/b7-3-/t11-,12+,13?/m0/s1. The van der Waals surface area contributed by atoms with E-state index in [0.717, 1.165) is 19.3 Å². The van der Waals surface area contributed by atoms with Crippen LogP contribution in [0.2, 0.25) is 0 Å². The Kier molecular flexibility index (Phi) is 4.03. The quantitative estimate of drug-likeness (QED) is 0.502. The summed E-state index contributed by atoms with van der Waals surface area (Å²) in [5.41, 5.74) is 0. The predicted octanol–water partition coefficient (Wildman–Crippen LogP) is 3.32. The first-order chi connectivity index (χ1) is 7.83. The van der Waals surface area contributed by atoms with Crippen molar-refractivity contribution in [1.29, 1.82) is 0 Å². The van der Waals surface area contributed by atoms with Crippen molar-refractivity contribution in [2.24, 2.45) is 17.8 Å². The summed E-state index contributed by atoms with van der Waals surface area (Å²) in [6, 6.07) is 0. The summed E-state index contributed by atoms with van der Waals surface area (Å²) in [5, 5.41) is 0. The van der Waals surface area contributed by atoms with Crippen LogP contribution in [0.5, 0.6) is 0 Å². The Bertz CT molecular complexity index is 270. The van der Waals surface area contributed by atoms with E-state index >= 15 is 0 Å². The van der Waals surface area contributed by atoms with Gasteiger partial charge in [-0.2, -0.15) is 0 Å². The largest absolute Gasteiger partial charge is 0.469 e. The zero-order chi connectivity index (χ0) is 11.4. The lowest BCUT2D eigenvalue weighted by Gasteiger charge is -2.35. The van der Waals surface area contributed by atoms with Crippen LogP contribution in [0.25, 0.3) is 0 Å². The molecule has 2 aliphatic carbocycles. The fourth-order valence-corrected chi connectivity index (χ4v) is 3.31. The molecule has 2 rings (SSSR count). The third-order valence-corrected chi connectivity index (χ3v) is 4.16. The lowest BCUT2D eigenvalue weighted by molar-refractivity contribution is -0.149. The molecule has 0 amide bonds. The minimum Gasteiger partial charge on any atom is -0.469 e. The molecule has 0 aromatic rings. The average Bonchev–Trinajstić information content (AvgIpc) is 2.29. The number of hydrogen-bond acceptors (Lipinski definition) is 2. The van der Waals surface area contributed by atoms with Crippen LogP contribution in [0.1, 0.15) is 44.9 Å². The Labute approximate surface area is 98.1 Å². The number of rotatable bonds is 1. The van der Waals surface area contributed by atoms with E-state index in [2.05, 4.69) is 12.2 Å². The van der Waals surface area contributed by atoms with Gasteiger partial charge in [0.05, 0.1) is 13.0 Å². The number of esters is 1. The molecule has 0 radical (unpaired) electrons. The molecule has 0 saturated heterocycles. The van der Waals surface area contributed by atoms with Crippen molar-refractivity contribution in [2.45, 2.75) is 44.9 Å². The van der Waals surface area contributed by atoms with Gasteiger partial charge in [0.25, 0.3) is 0 Å². The van der Waals surface area contributed by atoms with Crippen molar-refractivity contribution >= 4 is 5.97 Å². The van der Waals surface area contributed by atoms with Gasteiger partial charge in [0.2, 0.25) is 0 Å². The van der Waals surface area contributed by atoms with Crippen LogP contribution in [-0.4, -0.2) is 13.1 Å². The summed E-state index contributed by atoms with van der Waals surface area (Å²) in [6.07, 6.45) is 13.0. The molecule has 0 N–H and O–H groups in total. The molecule has 3 atom stereocenters. The lowest BCUT2D eigenvalue weighted by Crippen LogP contribution is -2.32. The zero-order valence-electron chi connectivity index (χ0n) is 10.2. The first kappa shape index (κ1) is 11.7. The van der Waals surface area contributed by atoms with Gasteiger partial charge >= 0.3 is 5.97 Å². The van der Waals surface area contributed by atoms with E-state index in [9.17, 15) is 4.79 Å². The van der Waals surface area contributed by atoms with Gasteiger partial charge in [0, 0.05) is 0 Å². The van der Waals surface area contributed by atoms with Crippen LogP contribution in [0, 0.1) is 17.8 Å². The Morgan fingerprint density at radius 2 is 2.00 bits per heavy atom. The van der Waals surface area contributed by atoms with E-state index in [1.807, 2.05) is 0 Å². The first-order valence-corrected chi connectivity index (χ1v) is 6.57. The second kappa shape index (κ2) is 5.51. The van der Waals surface area contributed by atoms with Gasteiger partial charge in [-0.3, -0.25) is 4.79 Å². The molecule has 16 heavy (non-hydrogen) atoms. The van der Waals surface area contributed by atoms with Crippen molar-refractivity contribution in [3.05, 3.63) is 12.2 Å². The third kappa shape index (κ3) is 2.47. The number of allylic oxidation sites excluding steroid dienone is 2. The Morgan fingerprint density at radius 1 is 1.19 bits per heavy atom. The Hall–Kier alpha value is -0.790. The minimum absolute atomic E-state index is 0.0206. The lowest BCUT2D eigenvalue weighted by atomic mass is 9.70. The van der Waals surface area contributed by atoms with Crippen LogP contribution >= 0.6 is 0 Å². The molecule has 2 aliphatic rings. The van der Waals surface area contributed by atoms with E-state index in [1.165, 1.54) is 32.8 Å². The molecule has 0 heterocycles. The number of fused-ring (bicyclic) bond motifs is 1. The second-order valence-corrected chi connectivity index (χ2v) is 5.10. The number of methoxy groups -OCH3 is 1. The fraction of sp³-hybridized carbons (Fsp3) is 0.786. The highest BCUT2D eigenvalue weighted by Crippen LogP contribution is 2.39. The molecule has 0 aromatic carbocycles. The van der Waals surface area contributed by atoms with E-state index < -0.39 is 0 Å². The summed E-state index contributed by atoms with van der Waals surface area (Å²) < 4.78 is 4.97. The number of carbonyl (C=O) groups excluding carboxylic acids is 1. The van der Waals surface area contributed by atoms with Gasteiger partial charge in [-0.1, -0.05) is 25.0 Å². The molecule has 1 unspecified atom stereocenters. The summed E-state index contributed by atoms with van der Waals surface area (Å²) in [6.45, 7) is 0. The van der Waals surface area contributed by atoms with Gasteiger partial charge in [-0.15, -0.1) is 0 Å². The monoisotopic (exact) mass is 222 g/mol. The van der Waals surface area contributed by atoms with E-state index in [0.29, 0.717) is 11.8 Å². The maximum absolute atomic E-state index is 11.8. The summed E-state index contributed by atoms with van der Waals surface area (Å²) in [4.78, 5) is 11.8. The van der Waals surface area contributed by atoms with E-state index in [1.54, 1.807) is 0 Å². The molecular weight excluding hydrogens is 200 g/mol. The summed E-state index contributed by atoms with van der Waals surface area (Å²) >= 11 is 0. The van der Waals surface area contributed by atoms with Crippen molar-refractivity contribution < 1.29 is 9.53 Å². The van der Waals surface area contributed by atoms with Gasteiger partial charge in [0.15, 0.2) is 0 Å². The average molecular weight is 222 g/mol. The topological polar surface area (TPSA) is 26.3 Å². The van der Waals surface area contributed by atoms with Gasteiger partial charge in [0.1, 0.15) is 0 Å². The number of ether oxygens (including phenoxy) is 1. The number of hydrogen-bond donors (Lipinski definition) is 0. The molecule has 1 saturated carbocycles. The van der Waals surface area contributed by atoms with Crippen LogP contribution < -0.4 is 0 Å². The summed E-state index contributed by atoms with van der Waals surface area (Å²) in [5.74, 6) is 1.34. The van der Waals surface area contributed by atoms with Crippen LogP contribution in [0.15, 0.2) is 12.2 Å². The van der Waals surface area contributed by atoms with Crippen LogP contribution in [0.4, 0.5) is 0 Å². The van der Waals surface area contributed by atoms with Crippen LogP contribution in [0.3, 0.4) is 0 Å².